The molecule has 1 unspecified atom stereocenters. The zero-order valence-corrected chi connectivity index (χ0v) is 19.9. The molecule has 0 aliphatic rings. The highest BCUT2D eigenvalue weighted by atomic mass is 35.5. The molecule has 1 atom stereocenters. The molecular weight excluding hydrogens is 479 g/mol. The first-order valence-electron chi connectivity index (χ1n) is 10.4. The molecule has 0 saturated heterocycles. The first-order chi connectivity index (χ1) is 15.9. The van der Waals surface area contributed by atoms with E-state index in [1.807, 2.05) is 60.7 Å². The minimum Gasteiger partial charge on any atom is -0.487 e. The summed E-state index contributed by atoms with van der Waals surface area (Å²) in [6, 6.07) is 25.4. The first kappa shape index (κ1) is 23.5. The second-order valence-electron chi connectivity index (χ2n) is 7.46. The number of benzene rings is 3. The Bertz CT molecular complexity index is 1350. The van der Waals surface area contributed by atoms with Gasteiger partial charge in [0.25, 0.3) is 0 Å². The van der Waals surface area contributed by atoms with Crippen LogP contribution in [0.15, 0.2) is 89.8 Å². The van der Waals surface area contributed by atoms with E-state index in [1.54, 1.807) is 12.1 Å². The van der Waals surface area contributed by atoms with E-state index in [2.05, 4.69) is 9.71 Å². The molecule has 0 amide bonds. The topological polar surface area (TPSA) is 68.3 Å². The normalized spacial score (nSPS) is 12.5. The van der Waals surface area contributed by atoms with Crippen LogP contribution in [0.3, 0.4) is 0 Å². The molecule has 4 aromatic rings. The Morgan fingerprint density at radius 1 is 0.939 bits per heavy atom. The van der Waals surface area contributed by atoms with Crippen LogP contribution in [-0.2, 0) is 16.6 Å². The van der Waals surface area contributed by atoms with Gasteiger partial charge in [0.15, 0.2) is 0 Å². The summed E-state index contributed by atoms with van der Waals surface area (Å²) in [7, 11) is -3.62. The average molecular weight is 501 g/mol. The van der Waals surface area contributed by atoms with Gasteiger partial charge < -0.3 is 4.74 Å². The van der Waals surface area contributed by atoms with Gasteiger partial charge in [-0.05, 0) is 60.5 Å². The molecule has 0 radical (unpaired) electrons. The molecule has 0 aliphatic heterocycles. The molecular formula is C25H22Cl2N2O3S. The van der Waals surface area contributed by atoms with Crippen molar-refractivity contribution >= 4 is 44.1 Å². The number of nitrogens with zero attached hydrogens (tertiary/aromatic N) is 1. The summed E-state index contributed by atoms with van der Waals surface area (Å²) in [5.41, 5.74) is 2.61. The monoisotopic (exact) mass is 500 g/mol. The molecule has 5 nitrogen and oxygen atoms in total. The smallest absolute Gasteiger partial charge is 0.240 e. The number of para-hydroxylation sites is 1. The zero-order valence-electron chi connectivity index (χ0n) is 17.6. The van der Waals surface area contributed by atoms with E-state index in [4.69, 9.17) is 27.9 Å². The molecule has 0 saturated carbocycles. The maximum atomic E-state index is 12.4. The predicted octanol–water partition coefficient (Wildman–Crippen LogP) is 6.12. The fourth-order valence-corrected chi connectivity index (χ4v) is 4.75. The maximum absolute atomic E-state index is 12.4. The quantitative estimate of drug-likeness (QED) is 0.281. The number of pyridine rings is 1. The summed E-state index contributed by atoms with van der Waals surface area (Å²) in [4.78, 5) is 4.78. The summed E-state index contributed by atoms with van der Waals surface area (Å²) in [5, 5.41) is 1.19. The number of hydrogen-bond donors (Lipinski definition) is 1. The largest absolute Gasteiger partial charge is 0.487 e. The van der Waals surface area contributed by atoms with Crippen LogP contribution in [0.1, 0.15) is 23.1 Å². The summed E-state index contributed by atoms with van der Waals surface area (Å²) < 4.78 is 33.3. The highest BCUT2D eigenvalue weighted by molar-refractivity contribution is 7.89. The van der Waals surface area contributed by atoms with Gasteiger partial charge >= 0.3 is 0 Å². The number of aromatic nitrogens is 1. The molecule has 1 heterocycles. The van der Waals surface area contributed by atoms with Gasteiger partial charge in [-0.1, -0.05) is 48.0 Å². The fraction of sp³-hybridized carbons (Fsp3) is 0.160. The molecule has 0 spiro atoms. The standard InChI is InChI=1S/C25H22Cl2N2O3S/c26-20-9-12-23(13-10-20)33(30,31)28-15-14-24(27)19-5-3-6-22(16-19)32-17-21-11-8-18-4-1-2-7-25(18)29-21/h1-13,16,24,28H,14-15,17H2. The number of rotatable bonds is 9. The highest BCUT2D eigenvalue weighted by Gasteiger charge is 2.15. The number of ether oxygens (including phenoxy) is 1. The van der Waals surface area contributed by atoms with Crippen LogP contribution in [0.2, 0.25) is 5.02 Å². The molecule has 33 heavy (non-hydrogen) atoms. The second-order valence-corrected chi connectivity index (χ2v) is 10.2. The minimum atomic E-state index is -3.62. The zero-order chi connectivity index (χ0) is 23.3. The lowest BCUT2D eigenvalue weighted by atomic mass is 10.1. The van der Waals surface area contributed by atoms with E-state index in [1.165, 1.54) is 12.1 Å². The third-order valence-corrected chi connectivity index (χ3v) is 7.28. The van der Waals surface area contributed by atoms with Crippen molar-refractivity contribution in [1.29, 1.82) is 0 Å². The van der Waals surface area contributed by atoms with Crippen LogP contribution in [0, 0.1) is 0 Å². The van der Waals surface area contributed by atoms with Crippen molar-refractivity contribution in [2.45, 2.75) is 23.3 Å². The van der Waals surface area contributed by atoms with Crippen LogP contribution >= 0.6 is 23.2 Å². The Kier molecular flexibility index (Phi) is 7.50. The van der Waals surface area contributed by atoms with Crippen molar-refractivity contribution in [3.8, 4) is 5.75 Å². The van der Waals surface area contributed by atoms with Gasteiger partial charge in [0.2, 0.25) is 10.0 Å². The number of hydrogen-bond acceptors (Lipinski definition) is 4. The van der Waals surface area contributed by atoms with Crippen molar-refractivity contribution in [2.75, 3.05) is 6.54 Å². The molecule has 0 aliphatic carbocycles. The van der Waals surface area contributed by atoms with Gasteiger partial charge in [-0.15, -0.1) is 11.6 Å². The lowest BCUT2D eigenvalue weighted by Gasteiger charge is -2.13. The van der Waals surface area contributed by atoms with E-state index >= 15 is 0 Å². The fourth-order valence-electron chi connectivity index (χ4n) is 3.33. The van der Waals surface area contributed by atoms with Crippen molar-refractivity contribution in [3.05, 3.63) is 101 Å². The Hall–Kier alpha value is -2.64. The number of fused-ring (bicyclic) bond motifs is 1. The lowest BCUT2D eigenvalue weighted by molar-refractivity contribution is 0.301. The molecule has 4 rings (SSSR count). The van der Waals surface area contributed by atoms with Gasteiger partial charge in [-0.3, -0.25) is 0 Å². The summed E-state index contributed by atoms with van der Waals surface area (Å²) in [6.07, 6.45) is 0.421. The van der Waals surface area contributed by atoms with Crippen LogP contribution in [0.4, 0.5) is 0 Å². The number of sulfonamides is 1. The second kappa shape index (κ2) is 10.5. The SMILES string of the molecule is O=S(=O)(NCCC(Cl)c1cccc(OCc2ccc3ccccc3n2)c1)c1ccc(Cl)cc1. The Morgan fingerprint density at radius 3 is 2.55 bits per heavy atom. The lowest BCUT2D eigenvalue weighted by Crippen LogP contribution is -2.25. The van der Waals surface area contributed by atoms with Crippen molar-refractivity contribution in [1.82, 2.24) is 9.71 Å². The first-order valence-corrected chi connectivity index (χ1v) is 12.7. The van der Waals surface area contributed by atoms with Gasteiger partial charge in [0, 0.05) is 17.0 Å². The van der Waals surface area contributed by atoms with E-state index < -0.39 is 10.0 Å². The van der Waals surface area contributed by atoms with E-state index in [0.29, 0.717) is 23.8 Å². The van der Waals surface area contributed by atoms with E-state index in [9.17, 15) is 8.42 Å². The number of alkyl halides is 1. The number of nitrogens with one attached hydrogen (secondary N) is 1. The third-order valence-electron chi connectivity index (χ3n) is 5.08. The van der Waals surface area contributed by atoms with Gasteiger partial charge in [0.05, 0.1) is 21.5 Å². The van der Waals surface area contributed by atoms with Crippen LogP contribution in [0.25, 0.3) is 10.9 Å². The van der Waals surface area contributed by atoms with Crippen LogP contribution in [0.5, 0.6) is 5.75 Å². The Balaban J connectivity index is 1.33. The third kappa shape index (κ3) is 6.24. The van der Waals surface area contributed by atoms with Gasteiger partial charge in [-0.25, -0.2) is 18.1 Å². The molecule has 1 N–H and O–H groups in total. The molecule has 8 heteroatoms. The van der Waals surface area contributed by atoms with Crippen molar-refractivity contribution in [2.24, 2.45) is 0 Å². The summed E-state index contributed by atoms with van der Waals surface area (Å²) in [5.74, 6) is 0.676. The van der Waals surface area contributed by atoms with E-state index in [-0.39, 0.29) is 16.8 Å². The minimum absolute atomic E-state index is 0.163. The average Bonchev–Trinajstić information content (AvgIpc) is 2.83. The molecule has 3 aromatic carbocycles. The van der Waals surface area contributed by atoms with Crippen LogP contribution in [-0.4, -0.2) is 19.9 Å². The molecule has 1 aromatic heterocycles. The summed E-state index contributed by atoms with van der Waals surface area (Å²) in [6.45, 7) is 0.535. The molecule has 0 fully saturated rings. The summed E-state index contributed by atoms with van der Waals surface area (Å²) >= 11 is 12.4. The van der Waals surface area contributed by atoms with Gasteiger partial charge in [-0.2, -0.15) is 0 Å². The Labute approximate surface area is 203 Å². The highest BCUT2D eigenvalue weighted by Crippen LogP contribution is 2.27. The Morgan fingerprint density at radius 2 is 1.73 bits per heavy atom. The van der Waals surface area contributed by atoms with Crippen LogP contribution < -0.4 is 9.46 Å². The van der Waals surface area contributed by atoms with Crippen molar-refractivity contribution < 1.29 is 13.2 Å². The van der Waals surface area contributed by atoms with E-state index in [0.717, 1.165) is 22.2 Å². The predicted molar refractivity (Wildman–Crippen MR) is 132 cm³/mol. The number of halogens is 2. The maximum Gasteiger partial charge on any atom is 0.240 e. The molecule has 0 bridgehead atoms. The van der Waals surface area contributed by atoms with Crippen molar-refractivity contribution in [3.63, 3.8) is 0 Å². The molecule has 170 valence electrons. The van der Waals surface area contributed by atoms with Gasteiger partial charge in [0.1, 0.15) is 12.4 Å².